The summed E-state index contributed by atoms with van der Waals surface area (Å²) < 4.78 is 0. The lowest BCUT2D eigenvalue weighted by Crippen LogP contribution is -2.04. The molecule has 0 aliphatic rings. The van der Waals surface area contributed by atoms with Crippen molar-refractivity contribution in [3.63, 3.8) is 0 Å². The van der Waals surface area contributed by atoms with Gasteiger partial charge in [-0.1, -0.05) is 65.7 Å². The van der Waals surface area contributed by atoms with Crippen LogP contribution in [0.3, 0.4) is 0 Å². The van der Waals surface area contributed by atoms with Gasteiger partial charge in [-0.2, -0.15) is 0 Å². The molecule has 1 heteroatoms. The van der Waals surface area contributed by atoms with Crippen LogP contribution in [0.2, 0.25) is 0 Å². The van der Waals surface area contributed by atoms with Gasteiger partial charge < -0.3 is 0 Å². The zero-order chi connectivity index (χ0) is 13.8. The van der Waals surface area contributed by atoms with Gasteiger partial charge in [-0.05, 0) is 26.3 Å². The minimum atomic E-state index is 0.589. The highest BCUT2D eigenvalue weighted by Gasteiger charge is 2.11. The molecular formula is C18H19N. The molecule has 0 saturated heterocycles. The number of benzene rings is 2. The van der Waals surface area contributed by atoms with Gasteiger partial charge in [0.05, 0.1) is 5.71 Å². The maximum absolute atomic E-state index is 8.47. The molecule has 0 aliphatic heterocycles. The predicted molar refractivity (Wildman–Crippen MR) is 82.7 cm³/mol. The molecule has 0 amide bonds. The van der Waals surface area contributed by atoms with Gasteiger partial charge in [-0.25, -0.2) is 0 Å². The van der Waals surface area contributed by atoms with Crippen LogP contribution in [0, 0.1) is 12.3 Å². The molecule has 0 spiro atoms. The maximum atomic E-state index is 8.47. The van der Waals surface area contributed by atoms with Crippen LogP contribution in [-0.4, -0.2) is 5.71 Å². The Morgan fingerprint density at radius 2 is 1.37 bits per heavy atom. The number of allylic oxidation sites excluding steroid dienone is 2. The smallest absolute Gasteiger partial charge is 0.0689 e. The molecule has 0 unspecified atom stereocenters. The van der Waals surface area contributed by atoms with Gasteiger partial charge in [0, 0.05) is 11.1 Å². The van der Waals surface area contributed by atoms with Crippen LogP contribution in [0.4, 0.5) is 0 Å². The molecule has 2 rings (SSSR count). The Morgan fingerprint density at radius 1 is 0.789 bits per heavy atom. The van der Waals surface area contributed by atoms with E-state index in [1.807, 2.05) is 30.3 Å². The Bertz CT molecular complexity index is 600. The monoisotopic (exact) mass is 249 g/mol. The summed E-state index contributed by atoms with van der Waals surface area (Å²) in [5.41, 5.74) is 6.06. The van der Waals surface area contributed by atoms with E-state index in [-0.39, 0.29) is 0 Å². The van der Waals surface area contributed by atoms with Crippen molar-refractivity contribution < 1.29 is 0 Å². The van der Waals surface area contributed by atoms with Crippen molar-refractivity contribution in [3.8, 4) is 0 Å². The molecule has 0 radical (unpaired) electrons. The largest absolute Gasteiger partial charge is 0.300 e. The number of rotatable bonds is 3. The summed E-state index contributed by atoms with van der Waals surface area (Å²) in [4.78, 5) is 0. The second kappa shape index (κ2) is 5.66. The van der Waals surface area contributed by atoms with Crippen molar-refractivity contribution in [1.82, 2.24) is 0 Å². The third kappa shape index (κ3) is 3.00. The van der Waals surface area contributed by atoms with Crippen LogP contribution in [0.1, 0.15) is 30.5 Å². The molecule has 0 fully saturated rings. The van der Waals surface area contributed by atoms with Crippen molar-refractivity contribution in [2.45, 2.75) is 20.8 Å². The van der Waals surface area contributed by atoms with Crippen molar-refractivity contribution in [2.24, 2.45) is 0 Å². The van der Waals surface area contributed by atoms with Crippen molar-refractivity contribution in [2.75, 3.05) is 0 Å². The van der Waals surface area contributed by atoms with Crippen molar-refractivity contribution >= 4 is 11.3 Å². The second-order valence-electron chi connectivity index (χ2n) is 4.98. The fourth-order valence-corrected chi connectivity index (χ4v) is 2.15. The summed E-state index contributed by atoms with van der Waals surface area (Å²) in [5.74, 6) is 0. The van der Waals surface area contributed by atoms with Gasteiger partial charge in [0.2, 0.25) is 0 Å². The van der Waals surface area contributed by atoms with Crippen molar-refractivity contribution in [3.05, 3.63) is 76.9 Å². The van der Waals surface area contributed by atoms with Crippen molar-refractivity contribution in [1.29, 1.82) is 5.41 Å². The SMILES string of the molecule is CC(C)=C(C(=N)c1ccc(C)cc1)c1ccccc1. The molecule has 2 aromatic carbocycles. The average Bonchev–Trinajstić information content (AvgIpc) is 2.40. The zero-order valence-corrected chi connectivity index (χ0v) is 11.7. The lowest BCUT2D eigenvalue weighted by molar-refractivity contribution is 1.38. The lowest BCUT2D eigenvalue weighted by Gasteiger charge is -2.12. The van der Waals surface area contributed by atoms with E-state index < -0.39 is 0 Å². The molecule has 96 valence electrons. The topological polar surface area (TPSA) is 23.9 Å². The Balaban J connectivity index is 2.45. The van der Waals surface area contributed by atoms with E-state index in [0.29, 0.717) is 5.71 Å². The van der Waals surface area contributed by atoms with E-state index in [1.54, 1.807) is 0 Å². The van der Waals surface area contributed by atoms with E-state index in [4.69, 9.17) is 5.41 Å². The van der Waals surface area contributed by atoms with Gasteiger partial charge in [0.25, 0.3) is 0 Å². The standard InChI is InChI=1S/C18H19N/c1-13(2)17(15-7-5-4-6-8-15)18(19)16-11-9-14(3)10-12-16/h4-12,19H,1-3H3. The molecule has 1 N–H and O–H groups in total. The molecule has 19 heavy (non-hydrogen) atoms. The normalized spacial score (nSPS) is 10.1. The molecule has 1 nitrogen and oxygen atoms in total. The summed E-state index contributed by atoms with van der Waals surface area (Å²) in [7, 11) is 0. The van der Waals surface area contributed by atoms with Crippen LogP contribution < -0.4 is 0 Å². The van der Waals surface area contributed by atoms with Gasteiger partial charge in [-0.3, -0.25) is 5.41 Å². The van der Waals surface area contributed by atoms with Gasteiger partial charge >= 0.3 is 0 Å². The molecule has 2 aromatic rings. The summed E-state index contributed by atoms with van der Waals surface area (Å²) in [6, 6.07) is 18.3. The molecule has 0 atom stereocenters. The highest BCUT2D eigenvalue weighted by molar-refractivity contribution is 6.30. The lowest BCUT2D eigenvalue weighted by atomic mass is 9.92. The van der Waals surface area contributed by atoms with Gasteiger partial charge in [0.1, 0.15) is 0 Å². The minimum absolute atomic E-state index is 0.589. The first-order valence-electron chi connectivity index (χ1n) is 6.48. The fourth-order valence-electron chi connectivity index (χ4n) is 2.15. The first-order chi connectivity index (χ1) is 9.09. The number of hydrogen-bond donors (Lipinski definition) is 1. The number of nitrogens with one attached hydrogen (secondary N) is 1. The van der Waals surface area contributed by atoms with Gasteiger partial charge in [-0.15, -0.1) is 0 Å². The van der Waals surface area contributed by atoms with Crippen LogP contribution in [0.15, 0.2) is 60.2 Å². The molecule has 0 aliphatic carbocycles. The van der Waals surface area contributed by atoms with E-state index >= 15 is 0 Å². The Hall–Kier alpha value is -2.15. The third-order valence-electron chi connectivity index (χ3n) is 3.15. The average molecular weight is 249 g/mol. The molecule has 0 heterocycles. The minimum Gasteiger partial charge on any atom is -0.300 e. The van der Waals surface area contributed by atoms with Crippen LogP contribution in [0.25, 0.3) is 5.57 Å². The van der Waals surface area contributed by atoms with Crippen LogP contribution in [0.5, 0.6) is 0 Å². The predicted octanol–water partition coefficient (Wildman–Crippen LogP) is 4.86. The summed E-state index contributed by atoms with van der Waals surface area (Å²) in [6.45, 7) is 6.18. The van der Waals surface area contributed by atoms with E-state index in [1.165, 1.54) is 5.56 Å². The molecule has 0 saturated carbocycles. The third-order valence-corrected chi connectivity index (χ3v) is 3.15. The molecular weight excluding hydrogens is 230 g/mol. The fraction of sp³-hybridized carbons (Fsp3) is 0.167. The highest BCUT2D eigenvalue weighted by atomic mass is 14.4. The maximum Gasteiger partial charge on any atom is 0.0689 e. The summed E-state index contributed by atoms with van der Waals surface area (Å²) in [5, 5.41) is 8.47. The van der Waals surface area contributed by atoms with Crippen LogP contribution in [-0.2, 0) is 0 Å². The van der Waals surface area contributed by atoms with Crippen LogP contribution >= 0.6 is 0 Å². The van der Waals surface area contributed by atoms with E-state index in [0.717, 1.165) is 22.3 Å². The molecule has 0 bridgehead atoms. The number of aryl methyl sites for hydroxylation is 1. The zero-order valence-electron chi connectivity index (χ0n) is 11.7. The quantitative estimate of drug-likeness (QED) is 0.751. The Labute approximate surface area is 115 Å². The number of hydrogen-bond acceptors (Lipinski definition) is 1. The Kier molecular flexibility index (Phi) is 3.96. The summed E-state index contributed by atoms with van der Waals surface area (Å²) in [6.07, 6.45) is 0. The highest BCUT2D eigenvalue weighted by Crippen LogP contribution is 2.23. The second-order valence-corrected chi connectivity index (χ2v) is 4.98. The molecule has 0 aromatic heterocycles. The van der Waals surface area contributed by atoms with Gasteiger partial charge in [0.15, 0.2) is 0 Å². The van der Waals surface area contributed by atoms with E-state index in [9.17, 15) is 0 Å². The van der Waals surface area contributed by atoms with E-state index in [2.05, 4.69) is 45.0 Å². The summed E-state index contributed by atoms with van der Waals surface area (Å²) >= 11 is 0. The first-order valence-corrected chi connectivity index (χ1v) is 6.48. The Morgan fingerprint density at radius 3 is 1.89 bits per heavy atom. The first kappa shape index (κ1) is 13.3.